The Morgan fingerprint density at radius 1 is 1.21 bits per heavy atom. The van der Waals surface area contributed by atoms with Gasteiger partial charge in [0.15, 0.2) is 0 Å². The Hall–Kier alpha value is -1.68. The number of methoxy groups -OCH3 is 1. The molecule has 0 aromatic heterocycles. The molecule has 0 radical (unpaired) electrons. The summed E-state index contributed by atoms with van der Waals surface area (Å²) in [5, 5.41) is 3.01. The average Bonchev–Trinajstić information content (AvgIpc) is 3.77. The van der Waals surface area contributed by atoms with E-state index in [0.29, 0.717) is 38.6 Å². The van der Waals surface area contributed by atoms with Crippen molar-refractivity contribution in [2.45, 2.75) is 96.2 Å². The zero-order valence-corrected chi connectivity index (χ0v) is 24.3. The van der Waals surface area contributed by atoms with Gasteiger partial charge in [-0.1, -0.05) is 25.5 Å². The molecule has 216 valence electrons. The van der Waals surface area contributed by atoms with Gasteiger partial charge in [0.05, 0.1) is 18.6 Å². The van der Waals surface area contributed by atoms with Crippen LogP contribution in [0.3, 0.4) is 0 Å². The second kappa shape index (κ2) is 12.2. The molecule has 0 aromatic carbocycles. The lowest BCUT2D eigenvalue weighted by atomic mass is 9.68. The summed E-state index contributed by atoms with van der Waals surface area (Å²) in [6.07, 6.45) is 5.18. The van der Waals surface area contributed by atoms with Gasteiger partial charge in [0.2, 0.25) is 5.91 Å². The molecule has 3 aliphatic heterocycles. The highest BCUT2D eigenvalue weighted by Gasteiger charge is 2.72. The molecular formula is C29H49N3O6. The van der Waals surface area contributed by atoms with Gasteiger partial charge in [0, 0.05) is 39.7 Å². The molecule has 4 rings (SSSR count). The molecule has 38 heavy (non-hydrogen) atoms. The van der Waals surface area contributed by atoms with Crippen LogP contribution in [0.5, 0.6) is 0 Å². The van der Waals surface area contributed by atoms with E-state index < -0.39 is 0 Å². The van der Waals surface area contributed by atoms with E-state index in [2.05, 4.69) is 50.9 Å². The summed E-state index contributed by atoms with van der Waals surface area (Å²) in [5.41, 5.74) is 0.705. The van der Waals surface area contributed by atoms with Crippen LogP contribution in [-0.4, -0.2) is 104 Å². The van der Waals surface area contributed by atoms with Crippen LogP contribution < -0.4 is 5.32 Å². The predicted molar refractivity (Wildman–Crippen MR) is 145 cm³/mol. The van der Waals surface area contributed by atoms with Gasteiger partial charge in [0.25, 0.3) is 0 Å². The van der Waals surface area contributed by atoms with Gasteiger partial charge in [-0.15, -0.1) is 0 Å². The third-order valence-electron chi connectivity index (χ3n) is 9.13. The van der Waals surface area contributed by atoms with Crippen molar-refractivity contribution >= 4 is 12.0 Å². The number of ether oxygens (including phenoxy) is 4. The monoisotopic (exact) mass is 535 g/mol. The van der Waals surface area contributed by atoms with Crippen LogP contribution in [-0.2, 0) is 23.7 Å². The number of allylic oxidation sites excluding steroid dienone is 1. The smallest absolute Gasteiger partial charge is 0.410 e. The van der Waals surface area contributed by atoms with Crippen molar-refractivity contribution in [2.75, 3.05) is 53.0 Å². The second-order valence-corrected chi connectivity index (χ2v) is 12.0. The first kappa shape index (κ1) is 29.3. The third-order valence-corrected chi connectivity index (χ3v) is 9.13. The van der Waals surface area contributed by atoms with Crippen LogP contribution in [0.1, 0.15) is 66.7 Å². The van der Waals surface area contributed by atoms with Gasteiger partial charge in [0.1, 0.15) is 23.4 Å². The first-order valence-corrected chi connectivity index (χ1v) is 14.6. The lowest BCUT2D eigenvalue weighted by Gasteiger charge is -2.44. The van der Waals surface area contributed by atoms with Gasteiger partial charge in [-0.3, -0.25) is 4.79 Å². The molecule has 0 bridgehead atoms. The Kier molecular flexibility index (Phi) is 9.43. The third kappa shape index (κ3) is 6.54. The van der Waals surface area contributed by atoms with Crippen molar-refractivity contribution in [1.29, 1.82) is 0 Å². The minimum atomic E-state index is -0.345. The van der Waals surface area contributed by atoms with Gasteiger partial charge < -0.3 is 34.1 Å². The van der Waals surface area contributed by atoms with E-state index in [0.717, 1.165) is 45.3 Å². The highest BCUT2D eigenvalue weighted by atomic mass is 16.6. The fraction of sp³-hybridized carbons (Fsp3) is 0.862. The minimum absolute atomic E-state index is 0.0199. The van der Waals surface area contributed by atoms with E-state index in [9.17, 15) is 9.59 Å². The quantitative estimate of drug-likeness (QED) is 0.285. The molecule has 1 aliphatic carbocycles. The predicted octanol–water partition coefficient (Wildman–Crippen LogP) is 3.37. The molecule has 2 amide bonds. The number of amides is 2. The van der Waals surface area contributed by atoms with Crippen molar-refractivity contribution in [3.63, 3.8) is 0 Å². The lowest BCUT2D eigenvalue weighted by molar-refractivity contribution is -0.125. The Labute approximate surface area is 228 Å². The molecule has 1 unspecified atom stereocenters. The number of nitrogens with zero attached hydrogens (tertiary/aromatic N) is 2. The summed E-state index contributed by atoms with van der Waals surface area (Å²) in [5.74, 6) is 0.446. The van der Waals surface area contributed by atoms with E-state index >= 15 is 0 Å². The van der Waals surface area contributed by atoms with Crippen molar-refractivity contribution in [3.05, 3.63) is 11.6 Å². The molecular weight excluding hydrogens is 486 g/mol. The minimum Gasteiger partial charge on any atom is -0.443 e. The van der Waals surface area contributed by atoms with Crippen molar-refractivity contribution in [3.8, 4) is 0 Å². The fourth-order valence-corrected chi connectivity index (χ4v) is 6.49. The lowest BCUT2D eigenvalue weighted by Crippen LogP contribution is -2.57. The SMILES string of the molecule is CCN(CC)CCNC(=O)CCC1CN(C(=O)O[C@@H]2CC[C@]3(CO3)C([C@@]3(C)O[C@@H]3CC=C(C)C)[C@@H]2OC)C1. The number of rotatable bonds is 13. The maximum Gasteiger partial charge on any atom is 0.410 e. The number of carbonyl (C=O) groups excluding carboxylic acids is 2. The first-order chi connectivity index (χ1) is 18.2. The number of carbonyl (C=O) groups is 2. The molecule has 0 aromatic rings. The molecule has 1 saturated carbocycles. The maximum atomic E-state index is 13.0. The Morgan fingerprint density at radius 2 is 1.92 bits per heavy atom. The van der Waals surface area contributed by atoms with Gasteiger partial charge in [-0.05, 0) is 65.5 Å². The average molecular weight is 536 g/mol. The topological polar surface area (TPSA) is 96.2 Å². The molecule has 4 fully saturated rings. The summed E-state index contributed by atoms with van der Waals surface area (Å²) in [4.78, 5) is 29.2. The molecule has 1 spiro atoms. The summed E-state index contributed by atoms with van der Waals surface area (Å²) < 4.78 is 24.3. The Balaban J connectivity index is 1.22. The summed E-state index contributed by atoms with van der Waals surface area (Å²) in [7, 11) is 1.70. The highest BCUT2D eigenvalue weighted by Crippen LogP contribution is 2.59. The van der Waals surface area contributed by atoms with Crippen LogP contribution in [0.4, 0.5) is 4.79 Å². The molecule has 9 nitrogen and oxygen atoms in total. The highest BCUT2D eigenvalue weighted by molar-refractivity contribution is 5.76. The van der Waals surface area contributed by atoms with Gasteiger partial charge >= 0.3 is 6.09 Å². The van der Waals surface area contributed by atoms with Crippen LogP contribution in [0.25, 0.3) is 0 Å². The Bertz CT molecular complexity index is 862. The molecule has 9 heteroatoms. The van der Waals surface area contributed by atoms with E-state index in [1.54, 1.807) is 12.0 Å². The molecule has 3 heterocycles. The van der Waals surface area contributed by atoms with E-state index in [-0.39, 0.29) is 47.4 Å². The van der Waals surface area contributed by atoms with E-state index in [1.165, 1.54) is 5.57 Å². The summed E-state index contributed by atoms with van der Waals surface area (Å²) >= 11 is 0. The molecule has 3 saturated heterocycles. The number of likely N-dealkylation sites (N-methyl/N-ethyl adjacent to an activating group) is 1. The summed E-state index contributed by atoms with van der Waals surface area (Å²) in [6, 6.07) is 0. The van der Waals surface area contributed by atoms with Crippen LogP contribution in [0.15, 0.2) is 11.6 Å². The maximum absolute atomic E-state index is 13.0. The molecule has 4 aliphatic rings. The number of hydrogen-bond acceptors (Lipinski definition) is 7. The zero-order valence-electron chi connectivity index (χ0n) is 24.3. The van der Waals surface area contributed by atoms with Crippen LogP contribution >= 0.6 is 0 Å². The van der Waals surface area contributed by atoms with Crippen LogP contribution in [0.2, 0.25) is 0 Å². The van der Waals surface area contributed by atoms with Gasteiger partial charge in [-0.2, -0.15) is 0 Å². The fourth-order valence-electron chi connectivity index (χ4n) is 6.49. The second-order valence-electron chi connectivity index (χ2n) is 12.0. The van der Waals surface area contributed by atoms with Crippen molar-refractivity contribution in [1.82, 2.24) is 15.1 Å². The van der Waals surface area contributed by atoms with E-state index in [1.807, 2.05) is 0 Å². The van der Waals surface area contributed by atoms with Crippen molar-refractivity contribution < 1.29 is 28.5 Å². The molecule has 1 N–H and O–H groups in total. The number of hydrogen-bond donors (Lipinski definition) is 1. The van der Waals surface area contributed by atoms with Gasteiger partial charge in [-0.25, -0.2) is 4.79 Å². The number of epoxide rings is 2. The van der Waals surface area contributed by atoms with Crippen molar-refractivity contribution in [2.24, 2.45) is 11.8 Å². The zero-order chi connectivity index (χ0) is 27.5. The number of nitrogens with one attached hydrogen (secondary N) is 1. The molecule has 6 atom stereocenters. The standard InChI is InChI=1S/C29H49N3O6/c1-7-31(8-2)16-15-30-24(33)12-10-21-17-32(18-21)27(34)37-22-13-14-29(19-36-29)26(25(22)35-6)28(5)23(38-28)11-9-20(3)4/h9,21-23,25-26H,7-8,10-19H2,1-6H3,(H,30,33)/t22-,23-,25-,26?,28+,29+/m1/s1. The largest absolute Gasteiger partial charge is 0.443 e. The van der Waals surface area contributed by atoms with E-state index in [4.69, 9.17) is 18.9 Å². The van der Waals surface area contributed by atoms with Crippen LogP contribution in [0, 0.1) is 11.8 Å². The number of likely N-dealkylation sites (tertiary alicyclic amines) is 1. The Morgan fingerprint density at radius 3 is 2.53 bits per heavy atom. The summed E-state index contributed by atoms with van der Waals surface area (Å²) in [6.45, 7) is 16.1. The first-order valence-electron chi connectivity index (χ1n) is 14.6. The normalized spacial score (nSPS) is 34.1.